The van der Waals surface area contributed by atoms with Crippen molar-refractivity contribution in [2.24, 2.45) is 0 Å². The normalized spacial score (nSPS) is 12.3. The van der Waals surface area contributed by atoms with Gasteiger partial charge in [-0.25, -0.2) is 4.39 Å². The quantitative estimate of drug-likeness (QED) is 0.840. The monoisotopic (exact) mass is 286 g/mol. The van der Waals surface area contributed by atoms with E-state index in [1.165, 1.54) is 11.6 Å². The largest absolute Gasteiger partial charge is 0.314 e. The molecular weight excluding hydrogens is 263 g/mol. The van der Waals surface area contributed by atoms with Crippen molar-refractivity contribution in [1.82, 2.24) is 10.3 Å². The number of pyridine rings is 1. The molecule has 0 aliphatic heterocycles. The molecule has 1 aromatic heterocycles. The number of likely N-dealkylation sites (N-methyl/N-ethyl adjacent to an activating group) is 1. The van der Waals surface area contributed by atoms with Gasteiger partial charge in [0.25, 0.3) is 0 Å². The van der Waals surface area contributed by atoms with E-state index in [1.54, 1.807) is 6.07 Å². The maximum absolute atomic E-state index is 13.4. The number of hydrogen-bond acceptors (Lipinski definition) is 2. The molecule has 0 saturated heterocycles. The first-order chi connectivity index (χ1) is 10.2. The Labute approximate surface area is 126 Å². The fourth-order valence-corrected chi connectivity index (χ4v) is 2.58. The number of benzene rings is 1. The zero-order valence-electron chi connectivity index (χ0n) is 12.8. The molecule has 21 heavy (non-hydrogen) atoms. The summed E-state index contributed by atoms with van der Waals surface area (Å²) in [6.45, 7) is 5.08. The van der Waals surface area contributed by atoms with Gasteiger partial charge in [-0.05, 0) is 73.7 Å². The molecule has 3 heteroatoms. The van der Waals surface area contributed by atoms with Gasteiger partial charge in [-0.15, -0.1) is 0 Å². The Bertz CT molecular complexity index is 554. The van der Waals surface area contributed by atoms with Gasteiger partial charge in [0, 0.05) is 18.4 Å². The predicted octanol–water partition coefficient (Wildman–Crippen LogP) is 3.68. The number of hydrogen-bond donors (Lipinski definition) is 1. The first kappa shape index (κ1) is 15.6. The summed E-state index contributed by atoms with van der Waals surface area (Å²) in [5.41, 5.74) is 3.54. The van der Waals surface area contributed by atoms with Crippen LogP contribution in [-0.4, -0.2) is 17.6 Å². The van der Waals surface area contributed by atoms with Gasteiger partial charge in [-0.3, -0.25) is 4.98 Å². The van der Waals surface area contributed by atoms with Gasteiger partial charge in [0.15, 0.2) is 0 Å². The second kappa shape index (κ2) is 7.89. The molecule has 1 N–H and O–H groups in total. The molecule has 0 amide bonds. The molecule has 0 saturated carbocycles. The second-order valence-corrected chi connectivity index (χ2v) is 5.42. The smallest absolute Gasteiger partial charge is 0.123 e. The van der Waals surface area contributed by atoms with E-state index in [4.69, 9.17) is 0 Å². The molecule has 0 radical (unpaired) electrons. The summed E-state index contributed by atoms with van der Waals surface area (Å²) in [6, 6.07) is 9.51. The maximum Gasteiger partial charge on any atom is 0.123 e. The first-order valence-electron chi connectivity index (χ1n) is 7.56. The lowest BCUT2D eigenvalue weighted by molar-refractivity contribution is 0.489. The molecular formula is C18H23FN2. The third-order valence-electron chi connectivity index (χ3n) is 3.80. The third-order valence-corrected chi connectivity index (χ3v) is 3.80. The molecule has 1 unspecified atom stereocenters. The highest BCUT2D eigenvalue weighted by molar-refractivity contribution is 5.27. The zero-order chi connectivity index (χ0) is 15.1. The lowest BCUT2D eigenvalue weighted by Crippen LogP contribution is -2.31. The van der Waals surface area contributed by atoms with E-state index in [1.807, 2.05) is 25.4 Å². The van der Waals surface area contributed by atoms with Crippen LogP contribution in [0.5, 0.6) is 0 Å². The minimum absolute atomic E-state index is 0.153. The molecule has 2 rings (SSSR count). The highest BCUT2D eigenvalue weighted by Crippen LogP contribution is 2.15. The van der Waals surface area contributed by atoms with Crippen LogP contribution in [0.3, 0.4) is 0 Å². The molecule has 0 bridgehead atoms. The molecule has 0 aliphatic rings. The summed E-state index contributed by atoms with van der Waals surface area (Å²) in [7, 11) is 0. The Morgan fingerprint density at radius 2 is 1.95 bits per heavy atom. The Hall–Kier alpha value is -1.74. The summed E-state index contributed by atoms with van der Waals surface area (Å²) in [5.74, 6) is -0.153. The second-order valence-electron chi connectivity index (χ2n) is 5.42. The van der Waals surface area contributed by atoms with Crippen molar-refractivity contribution in [3.63, 3.8) is 0 Å². The topological polar surface area (TPSA) is 24.9 Å². The van der Waals surface area contributed by atoms with Crippen LogP contribution in [-0.2, 0) is 12.8 Å². The van der Waals surface area contributed by atoms with Gasteiger partial charge in [0.05, 0.1) is 0 Å². The summed E-state index contributed by atoms with van der Waals surface area (Å²) in [5, 5.41) is 3.51. The van der Waals surface area contributed by atoms with Crippen molar-refractivity contribution in [3.8, 4) is 0 Å². The minimum atomic E-state index is -0.153. The van der Waals surface area contributed by atoms with Crippen LogP contribution >= 0.6 is 0 Å². The molecule has 0 aliphatic carbocycles. The van der Waals surface area contributed by atoms with Crippen LogP contribution in [0.25, 0.3) is 0 Å². The van der Waals surface area contributed by atoms with E-state index in [2.05, 4.69) is 29.4 Å². The molecule has 0 fully saturated rings. The van der Waals surface area contributed by atoms with Crippen molar-refractivity contribution in [3.05, 3.63) is 65.2 Å². The van der Waals surface area contributed by atoms with Gasteiger partial charge in [0.2, 0.25) is 0 Å². The maximum atomic E-state index is 13.4. The zero-order valence-corrected chi connectivity index (χ0v) is 12.8. The van der Waals surface area contributed by atoms with E-state index in [0.717, 1.165) is 36.9 Å². The highest BCUT2D eigenvalue weighted by Gasteiger charge is 2.11. The van der Waals surface area contributed by atoms with Crippen molar-refractivity contribution in [2.75, 3.05) is 6.54 Å². The fourth-order valence-electron chi connectivity index (χ4n) is 2.58. The molecule has 1 aromatic carbocycles. The molecule has 1 heterocycles. The van der Waals surface area contributed by atoms with E-state index in [0.29, 0.717) is 6.04 Å². The van der Waals surface area contributed by atoms with E-state index >= 15 is 0 Å². The van der Waals surface area contributed by atoms with Gasteiger partial charge in [0.1, 0.15) is 5.82 Å². The van der Waals surface area contributed by atoms with Crippen molar-refractivity contribution < 1.29 is 4.39 Å². The predicted molar refractivity (Wildman–Crippen MR) is 84.9 cm³/mol. The lowest BCUT2D eigenvalue weighted by atomic mass is 9.96. The highest BCUT2D eigenvalue weighted by atomic mass is 19.1. The van der Waals surface area contributed by atoms with E-state index in [-0.39, 0.29) is 5.82 Å². The lowest BCUT2D eigenvalue weighted by Gasteiger charge is -2.19. The van der Waals surface area contributed by atoms with Gasteiger partial charge in [-0.1, -0.05) is 13.0 Å². The third kappa shape index (κ3) is 4.94. The average Bonchev–Trinajstić information content (AvgIpc) is 2.50. The summed E-state index contributed by atoms with van der Waals surface area (Å²) < 4.78 is 13.4. The molecule has 1 atom stereocenters. The Morgan fingerprint density at radius 3 is 2.67 bits per heavy atom. The van der Waals surface area contributed by atoms with Crippen molar-refractivity contribution in [2.45, 2.75) is 39.2 Å². The van der Waals surface area contributed by atoms with Crippen LogP contribution in [0.15, 0.2) is 42.7 Å². The van der Waals surface area contributed by atoms with Crippen LogP contribution in [0.2, 0.25) is 0 Å². The Kier molecular flexibility index (Phi) is 5.88. The Balaban J connectivity index is 2.00. The Morgan fingerprint density at radius 1 is 1.19 bits per heavy atom. The van der Waals surface area contributed by atoms with Gasteiger partial charge >= 0.3 is 0 Å². The van der Waals surface area contributed by atoms with E-state index < -0.39 is 0 Å². The minimum Gasteiger partial charge on any atom is -0.314 e. The van der Waals surface area contributed by atoms with Crippen LogP contribution in [0, 0.1) is 12.7 Å². The van der Waals surface area contributed by atoms with Crippen LogP contribution < -0.4 is 5.32 Å². The standard InChI is InChI=1S/C18H23FN2/c1-3-21-18(7-5-15-8-10-20-11-9-15)13-16-12-17(19)6-4-14(16)2/h4,6,8-12,18,21H,3,5,7,13H2,1-2H3. The number of nitrogens with one attached hydrogen (secondary N) is 1. The number of aromatic nitrogens is 1. The number of aryl methyl sites for hydroxylation is 2. The first-order valence-corrected chi connectivity index (χ1v) is 7.56. The van der Waals surface area contributed by atoms with Gasteiger partial charge in [-0.2, -0.15) is 0 Å². The molecule has 2 aromatic rings. The SMILES string of the molecule is CCNC(CCc1ccncc1)Cc1cc(F)ccc1C. The fraction of sp³-hybridized carbons (Fsp3) is 0.389. The van der Waals surface area contributed by atoms with E-state index in [9.17, 15) is 4.39 Å². The van der Waals surface area contributed by atoms with Crippen LogP contribution in [0.1, 0.15) is 30.0 Å². The van der Waals surface area contributed by atoms with Crippen molar-refractivity contribution in [1.29, 1.82) is 0 Å². The van der Waals surface area contributed by atoms with Crippen molar-refractivity contribution >= 4 is 0 Å². The average molecular weight is 286 g/mol. The number of nitrogens with zero attached hydrogens (tertiary/aromatic N) is 1. The molecule has 112 valence electrons. The summed E-state index contributed by atoms with van der Waals surface area (Å²) >= 11 is 0. The number of halogens is 1. The van der Waals surface area contributed by atoms with Gasteiger partial charge < -0.3 is 5.32 Å². The molecule has 2 nitrogen and oxygen atoms in total. The summed E-state index contributed by atoms with van der Waals surface area (Å²) in [6.07, 6.45) is 6.56. The van der Waals surface area contributed by atoms with Crippen LogP contribution in [0.4, 0.5) is 4.39 Å². The number of rotatable bonds is 7. The molecule has 0 spiro atoms. The summed E-state index contributed by atoms with van der Waals surface area (Å²) in [4.78, 5) is 4.04.